The van der Waals surface area contributed by atoms with Crippen LogP contribution in [0.2, 0.25) is 0 Å². The average molecular weight is 301 g/mol. The first-order valence-corrected chi connectivity index (χ1v) is 7.99. The molecular formula is C16H19N3OS. The maximum Gasteiger partial charge on any atom is 0.242 e. The van der Waals surface area contributed by atoms with Crippen LogP contribution in [0.3, 0.4) is 0 Å². The fourth-order valence-electron chi connectivity index (χ4n) is 2.85. The molecule has 0 bridgehead atoms. The highest BCUT2D eigenvalue weighted by atomic mass is 32.1. The van der Waals surface area contributed by atoms with E-state index in [0.717, 1.165) is 25.1 Å². The predicted octanol–water partition coefficient (Wildman–Crippen LogP) is 1.88. The van der Waals surface area contributed by atoms with Crippen LogP contribution in [-0.4, -0.2) is 23.9 Å². The SMILES string of the molecule is NNC(=O)C(CN1CCc2sccc2C1)c1ccccc1. The van der Waals surface area contributed by atoms with Crippen molar-refractivity contribution in [2.75, 3.05) is 13.1 Å². The van der Waals surface area contributed by atoms with Crippen LogP contribution in [0.25, 0.3) is 0 Å². The summed E-state index contributed by atoms with van der Waals surface area (Å²) in [6.45, 7) is 2.61. The smallest absolute Gasteiger partial charge is 0.242 e. The molecular weight excluding hydrogens is 282 g/mol. The number of hydrazine groups is 1. The van der Waals surface area contributed by atoms with Crippen molar-refractivity contribution in [2.45, 2.75) is 18.9 Å². The predicted molar refractivity (Wildman–Crippen MR) is 84.8 cm³/mol. The number of carbonyl (C=O) groups excluding carboxylic acids is 1. The Morgan fingerprint density at radius 2 is 2.14 bits per heavy atom. The monoisotopic (exact) mass is 301 g/mol. The van der Waals surface area contributed by atoms with E-state index in [1.807, 2.05) is 41.7 Å². The van der Waals surface area contributed by atoms with E-state index in [9.17, 15) is 4.79 Å². The number of rotatable bonds is 4. The van der Waals surface area contributed by atoms with Crippen LogP contribution in [0.5, 0.6) is 0 Å². The molecule has 21 heavy (non-hydrogen) atoms. The molecule has 1 amide bonds. The Labute approximate surface area is 128 Å². The van der Waals surface area contributed by atoms with Gasteiger partial charge in [-0.3, -0.25) is 15.1 Å². The van der Waals surface area contributed by atoms with Crippen LogP contribution in [0, 0.1) is 0 Å². The minimum absolute atomic E-state index is 0.127. The molecule has 1 aromatic heterocycles. The second-order valence-electron chi connectivity index (χ2n) is 5.33. The second-order valence-corrected chi connectivity index (χ2v) is 6.33. The van der Waals surface area contributed by atoms with E-state index in [0.29, 0.717) is 6.54 Å². The summed E-state index contributed by atoms with van der Waals surface area (Å²) in [6, 6.07) is 12.0. The highest BCUT2D eigenvalue weighted by Crippen LogP contribution is 2.26. The van der Waals surface area contributed by atoms with Crippen LogP contribution in [0.1, 0.15) is 21.9 Å². The van der Waals surface area contributed by atoms with E-state index in [1.165, 1.54) is 10.4 Å². The molecule has 110 valence electrons. The first-order chi connectivity index (χ1) is 10.3. The Morgan fingerprint density at radius 1 is 1.33 bits per heavy atom. The minimum atomic E-state index is -0.226. The topological polar surface area (TPSA) is 58.4 Å². The Bertz CT molecular complexity index is 611. The molecule has 5 heteroatoms. The third-order valence-corrected chi connectivity index (χ3v) is 5.01. The summed E-state index contributed by atoms with van der Waals surface area (Å²) in [5, 5.41) is 2.15. The molecule has 1 atom stereocenters. The van der Waals surface area contributed by atoms with Crippen molar-refractivity contribution in [3.8, 4) is 0 Å². The number of hydrogen-bond donors (Lipinski definition) is 2. The highest BCUT2D eigenvalue weighted by Gasteiger charge is 2.25. The zero-order valence-corrected chi connectivity index (χ0v) is 12.6. The Kier molecular flexibility index (Phi) is 4.34. The number of hydrogen-bond acceptors (Lipinski definition) is 4. The fourth-order valence-corrected chi connectivity index (χ4v) is 3.74. The van der Waals surface area contributed by atoms with E-state index in [4.69, 9.17) is 5.84 Å². The largest absolute Gasteiger partial charge is 0.298 e. The third-order valence-electron chi connectivity index (χ3n) is 3.99. The van der Waals surface area contributed by atoms with Gasteiger partial charge in [0.2, 0.25) is 5.91 Å². The van der Waals surface area contributed by atoms with Gasteiger partial charge in [0.25, 0.3) is 0 Å². The van der Waals surface area contributed by atoms with E-state index in [-0.39, 0.29) is 11.8 Å². The zero-order chi connectivity index (χ0) is 14.7. The van der Waals surface area contributed by atoms with Gasteiger partial charge in [-0.25, -0.2) is 5.84 Å². The maximum atomic E-state index is 12.1. The lowest BCUT2D eigenvalue weighted by Gasteiger charge is -2.30. The first kappa shape index (κ1) is 14.3. The molecule has 2 aromatic rings. The molecule has 0 aliphatic carbocycles. The van der Waals surface area contributed by atoms with Crippen LogP contribution in [0.15, 0.2) is 41.8 Å². The van der Waals surface area contributed by atoms with E-state index in [1.54, 1.807) is 0 Å². The molecule has 3 rings (SSSR count). The molecule has 0 radical (unpaired) electrons. The summed E-state index contributed by atoms with van der Waals surface area (Å²) >= 11 is 1.83. The summed E-state index contributed by atoms with van der Waals surface area (Å²) in [5.74, 6) is 5.01. The van der Waals surface area contributed by atoms with E-state index < -0.39 is 0 Å². The van der Waals surface area contributed by atoms with Gasteiger partial charge in [-0.15, -0.1) is 11.3 Å². The average Bonchev–Trinajstić information content (AvgIpc) is 3.00. The number of carbonyl (C=O) groups is 1. The number of benzene rings is 1. The number of amides is 1. The maximum absolute atomic E-state index is 12.1. The third kappa shape index (κ3) is 3.15. The van der Waals surface area contributed by atoms with Gasteiger partial charge in [-0.2, -0.15) is 0 Å². The van der Waals surface area contributed by atoms with Gasteiger partial charge in [-0.05, 0) is 29.0 Å². The van der Waals surface area contributed by atoms with Crippen molar-refractivity contribution in [2.24, 2.45) is 5.84 Å². The van der Waals surface area contributed by atoms with Crippen LogP contribution in [0.4, 0.5) is 0 Å². The molecule has 0 fully saturated rings. The molecule has 1 unspecified atom stereocenters. The van der Waals surface area contributed by atoms with Crippen molar-refractivity contribution in [1.29, 1.82) is 0 Å². The fraction of sp³-hybridized carbons (Fsp3) is 0.312. The van der Waals surface area contributed by atoms with Gasteiger partial charge in [0.1, 0.15) is 0 Å². The second kappa shape index (κ2) is 6.39. The molecule has 0 saturated heterocycles. The number of fused-ring (bicyclic) bond motifs is 1. The molecule has 0 saturated carbocycles. The van der Waals surface area contributed by atoms with Gasteiger partial charge in [0, 0.05) is 24.5 Å². The molecule has 1 aromatic carbocycles. The van der Waals surface area contributed by atoms with E-state index in [2.05, 4.69) is 21.8 Å². The van der Waals surface area contributed by atoms with Gasteiger partial charge in [-0.1, -0.05) is 30.3 Å². The first-order valence-electron chi connectivity index (χ1n) is 7.11. The van der Waals surface area contributed by atoms with Gasteiger partial charge in [0.05, 0.1) is 5.92 Å². The van der Waals surface area contributed by atoms with E-state index >= 15 is 0 Å². The highest BCUT2D eigenvalue weighted by molar-refractivity contribution is 7.10. The molecule has 4 nitrogen and oxygen atoms in total. The van der Waals surface area contributed by atoms with Crippen LogP contribution in [-0.2, 0) is 17.8 Å². The van der Waals surface area contributed by atoms with Crippen molar-refractivity contribution in [3.63, 3.8) is 0 Å². The van der Waals surface area contributed by atoms with Crippen molar-refractivity contribution in [1.82, 2.24) is 10.3 Å². The Morgan fingerprint density at radius 3 is 2.90 bits per heavy atom. The van der Waals surface area contributed by atoms with Crippen molar-refractivity contribution >= 4 is 17.2 Å². The summed E-state index contributed by atoms with van der Waals surface area (Å²) in [6.07, 6.45) is 1.07. The number of thiophene rings is 1. The van der Waals surface area contributed by atoms with Gasteiger partial charge < -0.3 is 0 Å². The number of nitrogens with two attached hydrogens (primary N) is 1. The molecule has 1 aliphatic rings. The minimum Gasteiger partial charge on any atom is -0.298 e. The molecule has 0 spiro atoms. The summed E-state index contributed by atoms with van der Waals surface area (Å²) < 4.78 is 0. The molecule has 2 heterocycles. The lowest BCUT2D eigenvalue weighted by Crippen LogP contribution is -2.41. The van der Waals surface area contributed by atoms with Crippen molar-refractivity contribution < 1.29 is 4.79 Å². The Hall–Kier alpha value is -1.69. The Balaban J connectivity index is 1.75. The van der Waals surface area contributed by atoms with Gasteiger partial charge >= 0.3 is 0 Å². The number of nitrogens with zero attached hydrogens (tertiary/aromatic N) is 1. The quantitative estimate of drug-likeness (QED) is 0.515. The molecule has 3 N–H and O–H groups in total. The van der Waals surface area contributed by atoms with Crippen LogP contribution < -0.4 is 11.3 Å². The lowest BCUT2D eigenvalue weighted by atomic mass is 9.96. The van der Waals surface area contributed by atoms with Crippen molar-refractivity contribution in [3.05, 3.63) is 57.8 Å². The van der Waals surface area contributed by atoms with Gasteiger partial charge in [0.15, 0.2) is 0 Å². The standard InChI is InChI=1S/C16H19N3OS/c17-18-16(20)14(12-4-2-1-3-5-12)11-19-8-6-15-13(10-19)7-9-21-15/h1-5,7,9,14H,6,8,10-11,17H2,(H,18,20). The summed E-state index contributed by atoms with van der Waals surface area (Å²) in [7, 11) is 0. The number of nitrogens with one attached hydrogen (secondary N) is 1. The summed E-state index contributed by atoms with van der Waals surface area (Å²) in [5.41, 5.74) is 4.71. The molecule has 1 aliphatic heterocycles. The van der Waals surface area contributed by atoms with Crippen LogP contribution >= 0.6 is 11.3 Å². The summed E-state index contributed by atoms with van der Waals surface area (Å²) in [4.78, 5) is 15.9. The zero-order valence-electron chi connectivity index (χ0n) is 11.8. The normalized spacial score (nSPS) is 16.2. The lowest BCUT2D eigenvalue weighted by molar-refractivity contribution is -0.123.